The highest BCUT2D eigenvalue weighted by Gasteiger charge is 2.13. The molecule has 0 unspecified atom stereocenters. The van der Waals surface area contributed by atoms with Gasteiger partial charge in [-0.1, -0.05) is 60.7 Å². The van der Waals surface area contributed by atoms with Crippen LogP contribution in [-0.2, 0) is 17.8 Å². The van der Waals surface area contributed by atoms with Crippen molar-refractivity contribution in [1.29, 1.82) is 0 Å². The summed E-state index contributed by atoms with van der Waals surface area (Å²) in [5.74, 6) is 0.433. The lowest BCUT2D eigenvalue weighted by atomic mass is 10.1. The summed E-state index contributed by atoms with van der Waals surface area (Å²) in [5.41, 5.74) is 4.05. The molecule has 0 atom stereocenters. The molecule has 0 aliphatic heterocycles. The number of aromatic amines is 1. The first kappa shape index (κ1) is 22.2. The zero-order valence-corrected chi connectivity index (χ0v) is 18.5. The van der Waals surface area contributed by atoms with Crippen LogP contribution in [0, 0.1) is 0 Å². The second kappa shape index (κ2) is 9.67. The fraction of sp³-hybridized carbons (Fsp3) is 0.120. The summed E-state index contributed by atoms with van der Waals surface area (Å²) in [5, 5.41) is 18.7. The number of carbonyl (C=O) groups excluding carboxylic acids is 1. The Bertz CT molecular complexity index is 1440. The van der Waals surface area contributed by atoms with E-state index in [0.29, 0.717) is 18.4 Å². The monoisotopic (exact) mass is 459 g/mol. The molecule has 5 rings (SSSR count). The van der Waals surface area contributed by atoms with Crippen molar-refractivity contribution in [2.75, 3.05) is 0 Å². The van der Waals surface area contributed by atoms with Gasteiger partial charge in [-0.25, -0.2) is 4.98 Å². The van der Waals surface area contributed by atoms with Crippen molar-refractivity contribution in [3.63, 3.8) is 0 Å². The van der Waals surface area contributed by atoms with Crippen molar-refractivity contribution in [2.45, 2.75) is 19.4 Å². The molecular weight excluding hydrogens is 438 g/mol. The molecule has 0 bridgehead atoms. The molecule has 0 aliphatic carbocycles. The van der Waals surface area contributed by atoms with Crippen LogP contribution in [0.25, 0.3) is 21.9 Å². The Balaban J connectivity index is 0.00000259. The van der Waals surface area contributed by atoms with Crippen LogP contribution >= 0.6 is 12.4 Å². The first-order chi connectivity index (χ1) is 15.7. The summed E-state index contributed by atoms with van der Waals surface area (Å²) < 4.78 is 2.07. The quantitative estimate of drug-likeness (QED) is 0.308. The van der Waals surface area contributed by atoms with Crippen molar-refractivity contribution in [3.8, 4) is 5.88 Å². The molecule has 0 saturated carbocycles. The van der Waals surface area contributed by atoms with Gasteiger partial charge in [0.2, 0.25) is 5.88 Å². The minimum Gasteiger partial charge on any atom is -0.493 e. The number of benzene rings is 3. The smallest absolute Gasteiger partial charge is 0.266 e. The number of fused-ring (bicyclic) bond motifs is 2. The van der Waals surface area contributed by atoms with Gasteiger partial charge in [0.25, 0.3) is 5.91 Å². The molecule has 1 amide bonds. The number of H-pyrrole nitrogens is 1. The maximum absolute atomic E-state index is 12.5. The number of para-hydroxylation sites is 3. The van der Waals surface area contributed by atoms with E-state index >= 15 is 0 Å². The summed E-state index contributed by atoms with van der Waals surface area (Å²) in [6.07, 6.45) is 0.850. The van der Waals surface area contributed by atoms with Gasteiger partial charge >= 0.3 is 0 Å². The molecule has 3 aromatic carbocycles. The van der Waals surface area contributed by atoms with Gasteiger partial charge in [-0.2, -0.15) is 0 Å². The Hall–Kier alpha value is -3.97. The third-order valence-electron chi connectivity index (χ3n) is 5.41. The van der Waals surface area contributed by atoms with Crippen LogP contribution in [-0.4, -0.2) is 25.5 Å². The minimum atomic E-state index is -0.363. The van der Waals surface area contributed by atoms with Crippen molar-refractivity contribution in [1.82, 2.24) is 14.5 Å². The minimum absolute atomic E-state index is 0. The van der Waals surface area contributed by atoms with Crippen molar-refractivity contribution in [3.05, 3.63) is 90.3 Å². The summed E-state index contributed by atoms with van der Waals surface area (Å²) in [6.45, 7) is 0.445. The molecule has 166 valence electrons. The number of nitrogens with one attached hydrogen (secondary N) is 1. The molecule has 0 spiro atoms. The van der Waals surface area contributed by atoms with Crippen LogP contribution in [0.3, 0.4) is 0 Å². The number of nitrogens with zero attached hydrogens (tertiary/aromatic N) is 4. The summed E-state index contributed by atoms with van der Waals surface area (Å²) >= 11 is 0. The molecule has 2 aromatic heterocycles. The lowest BCUT2D eigenvalue weighted by Crippen LogP contribution is -2.08. The Morgan fingerprint density at radius 2 is 1.70 bits per heavy atom. The van der Waals surface area contributed by atoms with E-state index in [0.717, 1.165) is 27.9 Å². The Kier molecular flexibility index (Phi) is 6.51. The van der Waals surface area contributed by atoms with E-state index < -0.39 is 0 Å². The number of carbonyl (C=O) groups is 1. The molecule has 0 fully saturated rings. The molecule has 7 nitrogen and oxygen atoms in total. The van der Waals surface area contributed by atoms with E-state index in [1.807, 2.05) is 66.7 Å². The van der Waals surface area contributed by atoms with Crippen molar-refractivity contribution >= 4 is 45.9 Å². The number of hydrogen-bond donors (Lipinski definition) is 2. The molecule has 33 heavy (non-hydrogen) atoms. The Morgan fingerprint density at radius 3 is 2.55 bits per heavy atom. The molecule has 0 saturated heterocycles. The molecule has 5 aromatic rings. The average molecular weight is 460 g/mol. The van der Waals surface area contributed by atoms with Crippen LogP contribution in [0.15, 0.2) is 89.1 Å². The fourth-order valence-corrected chi connectivity index (χ4v) is 3.87. The van der Waals surface area contributed by atoms with Crippen LogP contribution in [0.5, 0.6) is 5.88 Å². The topological polar surface area (TPSA) is 95.6 Å². The zero-order valence-electron chi connectivity index (χ0n) is 17.7. The van der Waals surface area contributed by atoms with E-state index in [1.54, 1.807) is 0 Å². The number of amides is 1. The molecule has 0 radical (unpaired) electrons. The van der Waals surface area contributed by atoms with Gasteiger partial charge in [0.15, 0.2) is 5.69 Å². The van der Waals surface area contributed by atoms with Crippen LogP contribution in [0.1, 0.15) is 17.8 Å². The van der Waals surface area contributed by atoms with E-state index in [9.17, 15) is 9.90 Å². The fourth-order valence-electron chi connectivity index (χ4n) is 3.87. The van der Waals surface area contributed by atoms with Gasteiger partial charge in [-0.15, -0.1) is 22.6 Å². The molecule has 0 aliphatic rings. The SMILES string of the molecule is Cl.O=C(CCn1c(Cc2ccccc2)nc2ccccc21)N=Nc1c(O)[nH]c2ccccc12. The summed E-state index contributed by atoms with van der Waals surface area (Å²) in [4.78, 5) is 20.1. The standard InChI is InChI=1S/C25H21N5O2.ClH/c31-23(28-29-24-18-10-4-5-11-19(18)27-25(24)32)14-15-30-21-13-7-6-12-20(21)26-22(30)16-17-8-2-1-3-9-17;/h1-13,27,32H,14-16H2;1H. The third kappa shape index (κ3) is 4.63. The van der Waals surface area contributed by atoms with Gasteiger partial charge in [0.05, 0.1) is 16.6 Å². The van der Waals surface area contributed by atoms with Crippen LogP contribution in [0.2, 0.25) is 0 Å². The number of rotatable bonds is 6. The van der Waals surface area contributed by atoms with E-state index in [1.165, 1.54) is 0 Å². The van der Waals surface area contributed by atoms with Gasteiger partial charge in [0, 0.05) is 24.8 Å². The lowest BCUT2D eigenvalue weighted by molar-refractivity contribution is -0.118. The van der Waals surface area contributed by atoms with Gasteiger partial charge in [-0.3, -0.25) is 4.79 Å². The van der Waals surface area contributed by atoms with E-state index in [-0.39, 0.29) is 36.3 Å². The van der Waals surface area contributed by atoms with Gasteiger partial charge in [-0.05, 0) is 23.8 Å². The molecule has 2 heterocycles. The van der Waals surface area contributed by atoms with Crippen LogP contribution < -0.4 is 0 Å². The van der Waals surface area contributed by atoms with Crippen molar-refractivity contribution < 1.29 is 9.90 Å². The average Bonchev–Trinajstić information content (AvgIpc) is 3.33. The number of azo groups is 1. The second-order valence-electron chi connectivity index (χ2n) is 7.54. The number of halogens is 1. The molecular formula is C25H22ClN5O2. The maximum atomic E-state index is 12.5. The highest BCUT2D eigenvalue weighted by molar-refractivity contribution is 5.94. The summed E-state index contributed by atoms with van der Waals surface area (Å²) in [7, 11) is 0. The van der Waals surface area contributed by atoms with Gasteiger partial charge in [0.1, 0.15) is 5.82 Å². The number of aromatic hydroxyl groups is 1. The highest BCUT2D eigenvalue weighted by atomic mass is 35.5. The molecule has 2 N–H and O–H groups in total. The number of imidazole rings is 1. The predicted molar refractivity (Wildman–Crippen MR) is 130 cm³/mol. The Labute approximate surface area is 196 Å². The lowest BCUT2D eigenvalue weighted by Gasteiger charge is -2.08. The third-order valence-corrected chi connectivity index (χ3v) is 5.41. The maximum Gasteiger partial charge on any atom is 0.266 e. The first-order valence-electron chi connectivity index (χ1n) is 10.4. The zero-order chi connectivity index (χ0) is 21.9. The second-order valence-corrected chi connectivity index (χ2v) is 7.54. The first-order valence-corrected chi connectivity index (χ1v) is 10.4. The normalized spacial score (nSPS) is 11.3. The van der Waals surface area contributed by atoms with E-state index in [2.05, 4.69) is 31.9 Å². The number of aromatic nitrogens is 3. The number of hydrogen-bond acceptors (Lipinski definition) is 4. The number of aryl methyl sites for hydroxylation is 1. The van der Waals surface area contributed by atoms with Crippen LogP contribution in [0.4, 0.5) is 5.69 Å². The van der Waals surface area contributed by atoms with E-state index in [4.69, 9.17) is 4.98 Å². The van der Waals surface area contributed by atoms with Crippen molar-refractivity contribution in [2.24, 2.45) is 10.2 Å². The molecule has 8 heteroatoms. The Morgan fingerprint density at radius 1 is 0.970 bits per heavy atom. The largest absolute Gasteiger partial charge is 0.493 e. The highest BCUT2D eigenvalue weighted by Crippen LogP contribution is 2.35. The predicted octanol–water partition coefficient (Wildman–Crippen LogP) is 5.94. The summed E-state index contributed by atoms with van der Waals surface area (Å²) in [6, 6.07) is 25.4. The van der Waals surface area contributed by atoms with Gasteiger partial charge < -0.3 is 14.7 Å².